The first-order valence-corrected chi connectivity index (χ1v) is 7.88. The maximum atomic E-state index is 5.66. The lowest BCUT2D eigenvalue weighted by Gasteiger charge is -2.25. The predicted molar refractivity (Wildman–Crippen MR) is 74.6 cm³/mol. The van der Waals surface area contributed by atoms with Gasteiger partial charge in [-0.2, -0.15) is 0 Å². The molecule has 1 atom stereocenters. The van der Waals surface area contributed by atoms with Crippen molar-refractivity contribution in [1.29, 1.82) is 0 Å². The van der Waals surface area contributed by atoms with Crippen LogP contribution in [0.15, 0.2) is 24.3 Å². The fourth-order valence-corrected chi connectivity index (χ4v) is 3.65. The third kappa shape index (κ3) is 4.02. The Kier molecular flexibility index (Phi) is 6.46. The summed E-state index contributed by atoms with van der Waals surface area (Å²) in [7, 11) is 1.92. The van der Waals surface area contributed by atoms with Crippen molar-refractivity contribution < 1.29 is 22.8 Å². The average molecular weight is 286 g/mol. The van der Waals surface area contributed by atoms with E-state index in [1.54, 1.807) is 21.3 Å². The lowest BCUT2D eigenvalue weighted by Crippen LogP contribution is -2.54. The summed E-state index contributed by atoms with van der Waals surface area (Å²) in [6, 6.07) is 7.50. The molecule has 6 heteroatoms. The molecule has 108 valence electrons. The van der Waals surface area contributed by atoms with Crippen molar-refractivity contribution >= 4 is 14.0 Å². The Morgan fingerprint density at radius 1 is 1.11 bits per heavy atom. The van der Waals surface area contributed by atoms with Crippen LogP contribution in [-0.4, -0.2) is 43.0 Å². The normalized spacial score (nSPS) is 13.3. The second-order valence-corrected chi connectivity index (χ2v) is 6.75. The smallest absolute Gasteiger partial charge is 0.465 e. The summed E-state index contributed by atoms with van der Waals surface area (Å²) in [5.41, 5.74) is 0. The van der Waals surface area contributed by atoms with Gasteiger partial charge >= 0.3 is 8.80 Å². The van der Waals surface area contributed by atoms with Gasteiger partial charge in [0.2, 0.25) is 0 Å². The zero-order valence-corrected chi connectivity index (χ0v) is 13.1. The SMILES string of the molecule is CCOC(C)Oc1cccc([Si](OC)(OC)OC)c1. The van der Waals surface area contributed by atoms with Crippen molar-refractivity contribution in [1.82, 2.24) is 0 Å². The largest absolute Gasteiger partial charge is 0.536 e. The van der Waals surface area contributed by atoms with Crippen molar-refractivity contribution in [3.05, 3.63) is 24.3 Å². The van der Waals surface area contributed by atoms with Gasteiger partial charge in [-0.3, -0.25) is 0 Å². The van der Waals surface area contributed by atoms with Gasteiger partial charge in [-0.05, 0) is 26.0 Å². The van der Waals surface area contributed by atoms with Crippen LogP contribution in [-0.2, 0) is 18.0 Å². The van der Waals surface area contributed by atoms with E-state index in [9.17, 15) is 0 Å². The molecule has 0 spiro atoms. The van der Waals surface area contributed by atoms with Crippen LogP contribution in [0.5, 0.6) is 5.75 Å². The molecule has 0 aliphatic rings. The van der Waals surface area contributed by atoms with Crippen LogP contribution < -0.4 is 9.92 Å². The van der Waals surface area contributed by atoms with Crippen molar-refractivity contribution in [2.24, 2.45) is 0 Å². The number of ether oxygens (including phenoxy) is 2. The maximum absolute atomic E-state index is 5.66. The average Bonchev–Trinajstić information content (AvgIpc) is 2.42. The number of hydrogen-bond donors (Lipinski definition) is 0. The van der Waals surface area contributed by atoms with Crippen molar-refractivity contribution in [2.45, 2.75) is 20.1 Å². The van der Waals surface area contributed by atoms with Crippen LogP contribution in [0.2, 0.25) is 0 Å². The zero-order valence-electron chi connectivity index (χ0n) is 12.1. The standard InChI is InChI=1S/C13H22O5Si/c1-6-17-11(2)18-12-8-7-9-13(10-12)19(14-3,15-4)16-5/h7-11H,6H2,1-5H3. The molecule has 0 amide bonds. The minimum atomic E-state index is -2.82. The highest BCUT2D eigenvalue weighted by Crippen LogP contribution is 2.15. The highest BCUT2D eigenvalue weighted by Gasteiger charge is 2.40. The second-order valence-electron chi connectivity index (χ2n) is 3.84. The van der Waals surface area contributed by atoms with E-state index in [1.165, 1.54) is 0 Å². The molecular formula is C13H22O5Si. The first kappa shape index (κ1) is 16.1. The van der Waals surface area contributed by atoms with Gasteiger partial charge in [0, 0.05) is 33.1 Å². The Bertz CT molecular complexity index is 373. The van der Waals surface area contributed by atoms with E-state index in [1.807, 2.05) is 38.1 Å². The van der Waals surface area contributed by atoms with Gasteiger partial charge in [-0.25, -0.2) is 0 Å². The van der Waals surface area contributed by atoms with Crippen molar-refractivity contribution in [3.63, 3.8) is 0 Å². The van der Waals surface area contributed by atoms with Gasteiger partial charge < -0.3 is 22.8 Å². The number of rotatable bonds is 8. The molecule has 0 saturated carbocycles. The second kappa shape index (κ2) is 7.61. The minimum Gasteiger partial charge on any atom is -0.465 e. The molecule has 1 rings (SSSR count). The first-order valence-electron chi connectivity index (χ1n) is 6.16. The Balaban J connectivity index is 2.92. The van der Waals surface area contributed by atoms with Gasteiger partial charge in [0.1, 0.15) is 5.75 Å². The molecule has 5 nitrogen and oxygen atoms in total. The zero-order chi connectivity index (χ0) is 14.3. The molecule has 0 bridgehead atoms. The maximum Gasteiger partial charge on any atom is 0.536 e. The summed E-state index contributed by atoms with van der Waals surface area (Å²) < 4.78 is 27.3. The monoisotopic (exact) mass is 286 g/mol. The van der Waals surface area contributed by atoms with Gasteiger partial charge in [0.05, 0.1) is 0 Å². The summed E-state index contributed by atoms with van der Waals surface area (Å²) in [6.45, 7) is 4.38. The summed E-state index contributed by atoms with van der Waals surface area (Å²) in [5.74, 6) is 0.696. The van der Waals surface area contributed by atoms with Gasteiger partial charge in [-0.15, -0.1) is 0 Å². The van der Waals surface area contributed by atoms with E-state index in [2.05, 4.69) is 0 Å². The molecule has 0 radical (unpaired) electrons. The minimum absolute atomic E-state index is 0.302. The van der Waals surface area contributed by atoms with Gasteiger partial charge in [0.15, 0.2) is 6.29 Å². The van der Waals surface area contributed by atoms with E-state index in [0.29, 0.717) is 12.4 Å². The fourth-order valence-electron chi connectivity index (χ4n) is 1.82. The summed E-state index contributed by atoms with van der Waals surface area (Å²) in [6.07, 6.45) is -0.302. The van der Waals surface area contributed by atoms with E-state index < -0.39 is 8.80 Å². The molecular weight excluding hydrogens is 264 g/mol. The Labute approximate surface area is 115 Å². The fraction of sp³-hybridized carbons (Fsp3) is 0.538. The Morgan fingerprint density at radius 3 is 2.26 bits per heavy atom. The highest BCUT2D eigenvalue weighted by molar-refractivity contribution is 6.75. The third-order valence-corrected chi connectivity index (χ3v) is 5.33. The summed E-state index contributed by atoms with van der Waals surface area (Å²) in [5, 5.41) is 0.848. The molecule has 0 aromatic heterocycles. The van der Waals surface area contributed by atoms with Crippen molar-refractivity contribution in [2.75, 3.05) is 27.9 Å². The quantitative estimate of drug-likeness (QED) is 0.536. The van der Waals surface area contributed by atoms with Gasteiger partial charge in [0.25, 0.3) is 0 Å². The Morgan fingerprint density at radius 2 is 1.74 bits per heavy atom. The molecule has 0 aliphatic carbocycles. The highest BCUT2D eigenvalue weighted by atomic mass is 28.4. The van der Waals surface area contributed by atoms with Crippen molar-refractivity contribution in [3.8, 4) is 5.75 Å². The molecule has 0 fully saturated rings. The van der Waals surface area contributed by atoms with Gasteiger partial charge in [-0.1, -0.05) is 12.1 Å². The van der Waals surface area contributed by atoms with E-state index in [0.717, 1.165) is 5.19 Å². The molecule has 1 aromatic rings. The molecule has 1 aromatic carbocycles. The third-order valence-electron chi connectivity index (χ3n) is 2.70. The van der Waals surface area contributed by atoms with Crippen LogP contribution in [0.3, 0.4) is 0 Å². The van der Waals surface area contributed by atoms with Crippen LogP contribution in [0.25, 0.3) is 0 Å². The number of hydrogen-bond acceptors (Lipinski definition) is 5. The summed E-state index contributed by atoms with van der Waals surface area (Å²) >= 11 is 0. The molecule has 19 heavy (non-hydrogen) atoms. The van der Waals surface area contributed by atoms with E-state index in [4.69, 9.17) is 22.8 Å². The van der Waals surface area contributed by atoms with Crippen LogP contribution in [0, 0.1) is 0 Å². The number of benzene rings is 1. The summed E-state index contributed by atoms with van der Waals surface area (Å²) in [4.78, 5) is 0. The van der Waals surface area contributed by atoms with E-state index in [-0.39, 0.29) is 6.29 Å². The predicted octanol–water partition coefficient (Wildman–Crippen LogP) is 1.53. The molecule has 0 aliphatic heterocycles. The molecule has 1 unspecified atom stereocenters. The molecule has 0 saturated heterocycles. The molecule has 0 N–H and O–H groups in total. The topological polar surface area (TPSA) is 46.2 Å². The molecule has 0 heterocycles. The first-order chi connectivity index (χ1) is 9.11. The lowest BCUT2D eigenvalue weighted by molar-refractivity contribution is -0.0613. The lowest BCUT2D eigenvalue weighted by atomic mass is 10.3. The van der Waals surface area contributed by atoms with Crippen LogP contribution in [0.1, 0.15) is 13.8 Å². The van der Waals surface area contributed by atoms with Crippen LogP contribution >= 0.6 is 0 Å². The van der Waals surface area contributed by atoms with E-state index >= 15 is 0 Å². The Hall–Kier alpha value is -0.923. The van der Waals surface area contributed by atoms with Crippen LogP contribution in [0.4, 0.5) is 0 Å².